The summed E-state index contributed by atoms with van der Waals surface area (Å²) in [5.41, 5.74) is 0. The summed E-state index contributed by atoms with van der Waals surface area (Å²) in [6, 6.07) is 0. The Morgan fingerprint density at radius 3 is 2.62 bits per heavy atom. The minimum Gasteiger partial charge on any atom is -0.394 e. The number of ether oxygens (including phenoxy) is 2. The molecule has 0 heterocycles. The molecule has 1 unspecified atom stereocenters. The molecule has 2 N–H and O–H groups in total. The maximum atomic E-state index is 8.78. The number of aliphatic hydroxyl groups excluding tert-OH is 2. The van der Waals surface area contributed by atoms with E-state index in [9.17, 15) is 0 Å². The van der Waals surface area contributed by atoms with Crippen molar-refractivity contribution in [2.75, 3.05) is 33.0 Å². The second kappa shape index (κ2) is 9.49. The summed E-state index contributed by atoms with van der Waals surface area (Å²) in [4.78, 5) is 0. The standard InChI is InChI=1S/C9H16O4/c1-2-13-9(7-11)8-12-6-4-3-5-10/h9-11H,2,5-8H2,1H3. The Kier molecular flexibility index (Phi) is 9.05. The molecule has 0 fully saturated rings. The first kappa shape index (κ1) is 12.4. The molecule has 0 bridgehead atoms. The average molecular weight is 188 g/mol. The van der Waals surface area contributed by atoms with Crippen molar-refractivity contribution in [1.82, 2.24) is 0 Å². The molecule has 0 aromatic rings. The van der Waals surface area contributed by atoms with Crippen LogP contribution in [0, 0.1) is 11.8 Å². The van der Waals surface area contributed by atoms with Crippen LogP contribution in [0.2, 0.25) is 0 Å². The SMILES string of the molecule is CCOC(CO)COCC#CCO. The number of aliphatic hydroxyl groups is 2. The van der Waals surface area contributed by atoms with Crippen molar-refractivity contribution in [2.24, 2.45) is 0 Å². The summed E-state index contributed by atoms with van der Waals surface area (Å²) < 4.78 is 10.2. The van der Waals surface area contributed by atoms with Gasteiger partial charge in [-0.25, -0.2) is 0 Å². The summed E-state index contributed by atoms with van der Waals surface area (Å²) in [5.74, 6) is 5.05. The van der Waals surface area contributed by atoms with Crippen LogP contribution in [0.4, 0.5) is 0 Å². The normalized spacial score (nSPS) is 11.9. The van der Waals surface area contributed by atoms with E-state index in [-0.39, 0.29) is 25.9 Å². The molecule has 76 valence electrons. The zero-order valence-corrected chi connectivity index (χ0v) is 7.82. The van der Waals surface area contributed by atoms with Crippen LogP contribution in [-0.4, -0.2) is 49.4 Å². The van der Waals surface area contributed by atoms with Gasteiger partial charge in [0, 0.05) is 6.61 Å². The molecule has 13 heavy (non-hydrogen) atoms. The first-order valence-corrected chi connectivity index (χ1v) is 4.21. The van der Waals surface area contributed by atoms with E-state index in [1.807, 2.05) is 6.92 Å². The Morgan fingerprint density at radius 2 is 2.08 bits per heavy atom. The Morgan fingerprint density at radius 1 is 1.31 bits per heavy atom. The Bertz CT molecular complexity index is 159. The smallest absolute Gasteiger partial charge is 0.107 e. The van der Waals surface area contributed by atoms with Gasteiger partial charge in [-0.05, 0) is 6.92 Å². The number of rotatable bonds is 6. The molecule has 0 aromatic heterocycles. The topological polar surface area (TPSA) is 58.9 Å². The molecule has 0 aliphatic carbocycles. The van der Waals surface area contributed by atoms with Gasteiger partial charge in [0.2, 0.25) is 0 Å². The van der Waals surface area contributed by atoms with Crippen molar-refractivity contribution in [3.8, 4) is 11.8 Å². The third-order valence-electron chi connectivity index (χ3n) is 1.29. The summed E-state index contributed by atoms with van der Waals surface area (Å²) in [6.07, 6.45) is -0.277. The third kappa shape index (κ3) is 7.75. The molecule has 0 aliphatic heterocycles. The maximum absolute atomic E-state index is 8.78. The van der Waals surface area contributed by atoms with Crippen LogP contribution in [0.15, 0.2) is 0 Å². The first-order valence-electron chi connectivity index (χ1n) is 4.21. The van der Waals surface area contributed by atoms with Gasteiger partial charge in [-0.15, -0.1) is 0 Å². The minimum absolute atomic E-state index is 0.0543. The fourth-order valence-corrected chi connectivity index (χ4v) is 0.738. The maximum Gasteiger partial charge on any atom is 0.107 e. The largest absolute Gasteiger partial charge is 0.394 e. The Hall–Kier alpha value is -0.600. The highest BCUT2D eigenvalue weighted by molar-refractivity contribution is 4.98. The van der Waals surface area contributed by atoms with E-state index in [0.717, 1.165) is 0 Å². The van der Waals surface area contributed by atoms with Gasteiger partial charge in [0.05, 0.1) is 13.2 Å². The minimum atomic E-state index is -0.277. The lowest BCUT2D eigenvalue weighted by atomic mass is 10.4. The first-order chi connectivity index (χ1) is 6.35. The lowest BCUT2D eigenvalue weighted by molar-refractivity contribution is -0.0316. The van der Waals surface area contributed by atoms with E-state index in [1.165, 1.54) is 0 Å². The van der Waals surface area contributed by atoms with Crippen molar-refractivity contribution in [1.29, 1.82) is 0 Å². The van der Waals surface area contributed by atoms with Gasteiger partial charge in [-0.1, -0.05) is 11.8 Å². The van der Waals surface area contributed by atoms with E-state index < -0.39 is 0 Å². The molecule has 4 heteroatoms. The second-order valence-corrected chi connectivity index (χ2v) is 2.29. The predicted molar refractivity (Wildman–Crippen MR) is 48.2 cm³/mol. The van der Waals surface area contributed by atoms with Gasteiger partial charge in [-0.2, -0.15) is 0 Å². The lowest BCUT2D eigenvalue weighted by Gasteiger charge is -2.12. The zero-order chi connectivity index (χ0) is 9.94. The van der Waals surface area contributed by atoms with Crippen molar-refractivity contribution < 1.29 is 19.7 Å². The molecular weight excluding hydrogens is 172 g/mol. The van der Waals surface area contributed by atoms with Crippen LogP contribution in [-0.2, 0) is 9.47 Å². The number of hydrogen-bond donors (Lipinski definition) is 2. The van der Waals surface area contributed by atoms with Crippen LogP contribution < -0.4 is 0 Å². The van der Waals surface area contributed by atoms with Crippen LogP contribution in [0.3, 0.4) is 0 Å². The fourth-order valence-electron chi connectivity index (χ4n) is 0.738. The van der Waals surface area contributed by atoms with Crippen LogP contribution in [0.1, 0.15) is 6.92 Å². The second-order valence-electron chi connectivity index (χ2n) is 2.29. The van der Waals surface area contributed by atoms with Gasteiger partial charge in [0.25, 0.3) is 0 Å². The Balaban J connectivity index is 3.37. The van der Waals surface area contributed by atoms with Crippen molar-refractivity contribution in [3.05, 3.63) is 0 Å². The molecule has 0 aromatic carbocycles. The molecular formula is C9H16O4. The summed E-state index contributed by atoms with van der Waals surface area (Å²) in [5, 5.41) is 17.1. The summed E-state index contributed by atoms with van der Waals surface area (Å²) in [7, 11) is 0. The van der Waals surface area contributed by atoms with Crippen LogP contribution in [0.5, 0.6) is 0 Å². The summed E-state index contributed by atoms with van der Waals surface area (Å²) in [6.45, 7) is 2.78. The fraction of sp³-hybridized carbons (Fsp3) is 0.778. The average Bonchev–Trinajstić information content (AvgIpc) is 2.16. The van der Waals surface area contributed by atoms with Gasteiger partial charge in [-0.3, -0.25) is 0 Å². The van der Waals surface area contributed by atoms with E-state index in [4.69, 9.17) is 19.7 Å². The lowest BCUT2D eigenvalue weighted by Crippen LogP contribution is -2.24. The highest BCUT2D eigenvalue weighted by Crippen LogP contribution is 1.91. The van der Waals surface area contributed by atoms with E-state index in [1.54, 1.807) is 0 Å². The van der Waals surface area contributed by atoms with Crippen molar-refractivity contribution >= 4 is 0 Å². The molecule has 1 atom stereocenters. The molecule has 0 saturated heterocycles. The molecule has 0 rings (SSSR count). The predicted octanol–water partition coefficient (Wildman–Crippen LogP) is -0.604. The molecule has 0 spiro atoms. The van der Waals surface area contributed by atoms with E-state index in [0.29, 0.717) is 13.2 Å². The van der Waals surface area contributed by atoms with Gasteiger partial charge < -0.3 is 19.7 Å². The van der Waals surface area contributed by atoms with Gasteiger partial charge in [0.15, 0.2) is 0 Å². The zero-order valence-electron chi connectivity index (χ0n) is 7.82. The van der Waals surface area contributed by atoms with Crippen LogP contribution >= 0.6 is 0 Å². The Labute approximate surface area is 78.5 Å². The van der Waals surface area contributed by atoms with Gasteiger partial charge >= 0.3 is 0 Å². The van der Waals surface area contributed by atoms with Crippen LogP contribution in [0.25, 0.3) is 0 Å². The molecule has 0 aliphatic rings. The van der Waals surface area contributed by atoms with Gasteiger partial charge in [0.1, 0.15) is 19.3 Å². The highest BCUT2D eigenvalue weighted by atomic mass is 16.5. The van der Waals surface area contributed by atoms with Crippen molar-refractivity contribution in [3.63, 3.8) is 0 Å². The monoisotopic (exact) mass is 188 g/mol. The molecule has 0 radical (unpaired) electrons. The van der Waals surface area contributed by atoms with E-state index in [2.05, 4.69) is 11.8 Å². The van der Waals surface area contributed by atoms with E-state index >= 15 is 0 Å². The quantitative estimate of drug-likeness (QED) is 0.431. The molecule has 0 amide bonds. The molecule has 0 saturated carbocycles. The highest BCUT2D eigenvalue weighted by Gasteiger charge is 2.05. The number of hydrogen-bond acceptors (Lipinski definition) is 4. The third-order valence-corrected chi connectivity index (χ3v) is 1.29. The summed E-state index contributed by atoms with van der Waals surface area (Å²) >= 11 is 0. The molecule has 4 nitrogen and oxygen atoms in total. The van der Waals surface area contributed by atoms with Crippen molar-refractivity contribution in [2.45, 2.75) is 13.0 Å².